The number of aromatic hydroxyl groups is 2. The van der Waals surface area contributed by atoms with Crippen molar-refractivity contribution in [3.63, 3.8) is 0 Å². The Hall–Kier alpha value is -1.30. The van der Waals surface area contributed by atoms with E-state index in [9.17, 15) is 5.11 Å². The van der Waals surface area contributed by atoms with Crippen molar-refractivity contribution in [3.8, 4) is 11.5 Å². The van der Waals surface area contributed by atoms with Crippen molar-refractivity contribution in [3.05, 3.63) is 23.8 Å². The third-order valence-corrected chi connectivity index (χ3v) is 1.50. The molecule has 0 fully saturated rings. The van der Waals surface area contributed by atoms with Crippen LogP contribution in [0.15, 0.2) is 18.2 Å². The number of phenolic OH excluding ortho intramolecular Hbond substituents is 2. The maximum atomic E-state index is 9.19. The molecule has 5 nitrogen and oxygen atoms in total. The fraction of sp³-hybridized carbons (Fsp3) is 0.143. The van der Waals surface area contributed by atoms with Crippen LogP contribution in [0.3, 0.4) is 0 Å². The number of rotatable bonds is 2. The van der Waals surface area contributed by atoms with Gasteiger partial charge in [-0.15, -0.1) is 0 Å². The Morgan fingerprint density at radius 2 is 2.00 bits per heavy atom. The highest BCUT2D eigenvalue weighted by atomic mass is 16.3. The number of hydrogen-bond donors (Lipinski definition) is 5. The topological polar surface area (TPSA) is 98.7 Å². The van der Waals surface area contributed by atoms with E-state index in [2.05, 4.69) is 0 Å². The zero-order valence-corrected chi connectivity index (χ0v) is 6.23. The van der Waals surface area contributed by atoms with Crippen LogP contribution in [0.1, 0.15) is 11.8 Å². The van der Waals surface area contributed by atoms with Crippen LogP contribution in [-0.2, 0) is 0 Å². The predicted molar refractivity (Wildman–Crippen MR) is 42.1 cm³/mol. The Labute approximate surface area is 69.0 Å². The number of nitrogens with one attached hydrogen (secondary N) is 1. The third-order valence-electron chi connectivity index (χ3n) is 1.50. The highest BCUT2D eigenvalue weighted by molar-refractivity contribution is 5.45. The van der Waals surface area contributed by atoms with E-state index < -0.39 is 6.23 Å². The number of benzene rings is 1. The molecule has 0 aliphatic rings. The average molecular weight is 170 g/mol. The van der Waals surface area contributed by atoms with Crippen LogP contribution in [0, 0.1) is 0 Å². The van der Waals surface area contributed by atoms with Gasteiger partial charge in [0.25, 0.3) is 0 Å². The van der Waals surface area contributed by atoms with Gasteiger partial charge >= 0.3 is 0 Å². The first-order chi connectivity index (χ1) is 5.66. The second kappa shape index (κ2) is 3.40. The predicted octanol–water partition coefficient (Wildman–Crippen LogP) is -0.448. The number of para-hydroxylation sites is 1. The van der Waals surface area contributed by atoms with Gasteiger partial charge in [0.05, 0.1) is 0 Å². The number of aliphatic hydroxyl groups is 1. The summed E-state index contributed by atoms with van der Waals surface area (Å²) in [5.74, 6) is 4.27. The van der Waals surface area contributed by atoms with Gasteiger partial charge < -0.3 is 15.3 Å². The molecule has 0 aromatic heterocycles. The molecule has 0 saturated carbocycles. The molecule has 1 atom stereocenters. The Morgan fingerprint density at radius 3 is 2.58 bits per heavy atom. The molecular formula is C7H10N2O3. The number of phenols is 2. The zero-order valence-electron chi connectivity index (χ0n) is 6.23. The molecule has 0 amide bonds. The molecule has 1 aromatic carbocycles. The lowest BCUT2D eigenvalue weighted by molar-refractivity contribution is 0.136. The Kier molecular flexibility index (Phi) is 2.49. The van der Waals surface area contributed by atoms with Gasteiger partial charge in [0.1, 0.15) is 6.23 Å². The van der Waals surface area contributed by atoms with Crippen molar-refractivity contribution in [1.82, 2.24) is 5.43 Å². The fourth-order valence-electron chi connectivity index (χ4n) is 0.859. The maximum Gasteiger partial charge on any atom is 0.164 e. The summed E-state index contributed by atoms with van der Waals surface area (Å²) in [7, 11) is 0. The first-order valence-electron chi connectivity index (χ1n) is 3.32. The SMILES string of the molecule is NNC(O)c1cccc(O)c1O. The summed E-state index contributed by atoms with van der Waals surface area (Å²) in [6, 6.07) is 4.24. The largest absolute Gasteiger partial charge is 0.504 e. The molecule has 66 valence electrons. The normalized spacial score (nSPS) is 12.8. The minimum Gasteiger partial charge on any atom is -0.504 e. The summed E-state index contributed by atoms with van der Waals surface area (Å²) in [5, 5.41) is 27.3. The summed E-state index contributed by atoms with van der Waals surface area (Å²) in [6.45, 7) is 0. The highest BCUT2D eigenvalue weighted by Gasteiger charge is 2.12. The molecule has 6 N–H and O–H groups in total. The fourth-order valence-corrected chi connectivity index (χ4v) is 0.859. The molecule has 1 rings (SSSR count). The average Bonchev–Trinajstić information content (AvgIpc) is 2.08. The van der Waals surface area contributed by atoms with E-state index in [-0.39, 0.29) is 17.1 Å². The monoisotopic (exact) mass is 170 g/mol. The van der Waals surface area contributed by atoms with Crippen LogP contribution in [0.25, 0.3) is 0 Å². The number of hydrazine groups is 1. The molecule has 1 unspecified atom stereocenters. The molecule has 0 bridgehead atoms. The molecule has 5 heteroatoms. The van der Waals surface area contributed by atoms with Crippen LogP contribution in [0.2, 0.25) is 0 Å². The van der Waals surface area contributed by atoms with Crippen LogP contribution in [0.4, 0.5) is 0 Å². The van der Waals surface area contributed by atoms with Crippen LogP contribution < -0.4 is 11.3 Å². The standard InChI is InChI=1S/C7H10N2O3/c8-9-7(12)4-2-1-3-5(10)6(4)11/h1-3,7,9-12H,8H2. The number of nitrogens with two attached hydrogens (primary N) is 1. The summed E-state index contributed by atoms with van der Waals surface area (Å²) in [5.41, 5.74) is 2.17. The van der Waals surface area contributed by atoms with Crippen molar-refractivity contribution in [2.24, 2.45) is 5.84 Å². The smallest absolute Gasteiger partial charge is 0.164 e. The summed E-state index contributed by atoms with van der Waals surface area (Å²) in [4.78, 5) is 0. The zero-order chi connectivity index (χ0) is 9.14. The molecular weight excluding hydrogens is 160 g/mol. The van der Waals surface area contributed by atoms with E-state index in [0.29, 0.717) is 0 Å². The molecule has 0 aliphatic carbocycles. The van der Waals surface area contributed by atoms with E-state index >= 15 is 0 Å². The van der Waals surface area contributed by atoms with Gasteiger partial charge in [0, 0.05) is 5.56 Å². The summed E-state index contributed by atoms with van der Waals surface area (Å²) >= 11 is 0. The molecule has 0 spiro atoms. The maximum absolute atomic E-state index is 9.19. The Bertz CT molecular complexity index is 277. The van der Waals surface area contributed by atoms with Crippen molar-refractivity contribution in [1.29, 1.82) is 0 Å². The van der Waals surface area contributed by atoms with E-state index in [1.54, 1.807) is 0 Å². The Balaban J connectivity index is 3.07. The molecule has 0 saturated heterocycles. The first kappa shape index (κ1) is 8.79. The van der Waals surface area contributed by atoms with Crippen molar-refractivity contribution >= 4 is 0 Å². The molecule has 1 aromatic rings. The van der Waals surface area contributed by atoms with E-state index in [1.165, 1.54) is 18.2 Å². The van der Waals surface area contributed by atoms with Crippen LogP contribution in [0.5, 0.6) is 11.5 Å². The molecule has 0 aliphatic heterocycles. The summed E-state index contributed by atoms with van der Waals surface area (Å²) < 4.78 is 0. The van der Waals surface area contributed by atoms with E-state index in [4.69, 9.17) is 16.1 Å². The highest BCUT2D eigenvalue weighted by Crippen LogP contribution is 2.30. The van der Waals surface area contributed by atoms with Gasteiger partial charge in [0.2, 0.25) is 0 Å². The lowest BCUT2D eigenvalue weighted by atomic mass is 10.1. The van der Waals surface area contributed by atoms with Crippen LogP contribution in [-0.4, -0.2) is 15.3 Å². The van der Waals surface area contributed by atoms with Gasteiger partial charge in [0.15, 0.2) is 11.5 Å². The minimum atomic E-state index is -1.18. The molecule has 0 heterocycles. The lowest BCUT2D eigenvalue weighted by Gasteiger charge is -2.11. The first-order valence-corrected chi connectivity index (χ1v) is 3.32. The van der Waals surface area contributed by atoms with Gasteiger partial charge in [-0.1, -0.05) is 12.1 Å². The van der Waals surface area contributed by atoms with Crippen molar-refractivity contribution < 1.29 is 15.3 Å². The van der Waals surface area contributed by atoms with Crippen LogP contribution >= 0.6 is 0 Å². The molecule has 0 radical (unpaired) electrons. The second-order valence-corrected chi connectivity index (χ2v) is 2.28. The van der Waals surface area contributed by atoms with Crippen molar-refractivity contribution in [2.45, 2.75) is 6.23 Å². The number of aliphatic hydroxyl groups excluding tert-OH is 1. The van der Waals surface area contributed by atoms with E-state index in [0.717, 1.165) is 0 Å². The van der Waals surface area contributed by atoms with Gasteiger partial charge in [-0.2, -0.15) is 0 Å². The van der Waals surface area contributed by atoms with Crippen molar-refractivity contribution in [2.75, 3.05) is 0 Å². The lowest BCUT2D eigenvalue weighted by Crippen LogP contribution is -2.27. The van der Waals surface area contributed by atoms with E-state index in [1.807, 2.05) is 5.43 Å². The number of hydrogen-bond acceptors (Lipinski definition) is 5. The second-order valence-electron chi connectivity index (χ2n) is 2.28. The van der Waals surface area contributed by atoms with Gasteiger partial charge in [-0.25, -0.2) is 5.43 Å². The van der Waals surface area contributed by atoms with Gasteiger partial charge in [-0.3, -0.25) is 5.84 Å². The minimum absolute atomic E-state index is 0.137. The van der Waals surface area contributed by atoms with Gasteiger partial charge in [-0.05, 0) is 6.07 Å². The summed E-state index contributed by atoms with van der Waals surface area (Å²) in [6.07, 6.45) is -1.18. The Morgan fingerprint density at radius 1 is 1.33 bits per heavy atom. The molecule has 12 heavy (non-hydrogen) atoms. The quantitative estimate of drug-likeness (QED) is 0.179. The third kappa shape index (κ3) is 1.48.